The van der Waals surface area contributed by atoms with Crippen molar-refractivity contribution in [3.8, 4) is 6.07 Å². The van der Waals surface area contributed by atoms with Crippen LogP contribution in [-0.2, 0) is 12.8 Å². The molecule has 0 fully saturated rings. The Morgan fingerprint density at radius 3 is 2.92 bits per heavy atom. The van der Waals surface area contributed by atoms with Crippen molar-refractivity contribution in [1.29, 1.82) is 10.7 Å². The van der Waals surface area contributed by atoms with Crippen LogP contribution in [0.2, 0.25) is 0 Å². The number of thiophene rings is 1. The number of hydrogen-bond acceptors (Lipinski definition) is 5. The van der Waals surface area contributed by atoms with Crippen molar-refractivity contribution in [2.24, 2.45) is 0 Å². The van der Waals surface area contributed by atoms with Gasteiger partial charge in [0.1, 0.15) is 22.2 Å². The topological polar surface area (TPSA) is 89.9 Å². The first-order valence-corrected chi connectivity index (χ1v) is 8.92. The van der Waals surface area contributed by atoms with Crippen LogP contribution in [-0.4, -0.2) is 5.91 Å². The maximum absolute atomic E-state index is 12.7. The Balaban J connectivity index is 1.71. The normalized spacial score (nSPS) is 13.2. The van der Waals surface area contributed by atoms with Gasteiger partial charge in [0.15, 0.2) is 0 Å². The number of nitriles is 1. The van der Waals surface area contributed by atoms with Crippen LogP contribution in [0.3, 0.4) is 0 Å². The van der Waals surface area contributed by atoms with E-state index in [0.29, 0.717) is 16.1 Å². The molecule has 0 unspecified atom stereocenters. The predicted molar refractivity (Wildman–Crippen MR) is 95.7 cm³/mol. The van der Waals surface area contributed by atoms with E-state index in [9.17, 15) is 10.1 Å². The molecule has 1 aliphatic carbocycles. The fraction of sp³-hybridized carbons (Fsp3) is 0.211. The lowest BCUT2D eigenvalue weighted by molar-refractivity contribution is 0.102. The standard InChI is InChI=1S/C19H15N3O2S/c20-10-14-12-6-2-4-8-16(12)25-19(14)22-18(23)13-9-11-5-1-3-7-15(11)24-17(13)21/h1,3,5,7,9,21H,2,4,6,8H2,(H,22,23). The number of amides is 1. The Morgan fingerprint density at radius 1 is 1.28 bits per heavy atom. The van der Waals surface area contributed by atoms with Gasteiger partial charge in [-0.1, -0.05) is 18.2 Å². The highest BCUT2D eigenvalue weighted by atomic mass is 32.1. The van der Waals surface area contributed by atoms with E-state index in [1.807, 2.05) is 18.2 Å². The van der Waals surface area contributed by atoms with Gasteiger partial charge >= 0.3 is 0 Å². The van der Waals surface area contributed by atoms with E-state index in [1.165, 1.54) is 16.2 Å². The molecule has 1 aromatic carbocycles. The lowest BCUT2D eigenvalue weighted by Crippen LogP contribution is -2.20. The second kappa shape index (κ2) is 6.19. The van der Waals surface area contributed by atoms with Gasteiger partial charge in [-0.25, -0.2) is 0 Å². The summed E-state index contributed by atoms with van der Waals surface area (Å²) < 4.78 is 5.43. The van der Waals surface area contributed by atoms with Crippen LogP contribution in [0.15, 0.2) is 34.7 Å². The number of nitrogens with one attached hydrogen (secondary N) is 2. The molecular weight excluding hydrogens is 334 g/mol. The lowest BCUT2D eigenvalue weighted by atomic mass is 9.96. The highest BCUT2D eigenvalue weighted by Crippen LogP contribution is 2.37. The number of para-hydroxylation sites is 1. The molecular formula is C19H15N3O2S. The third kappa shape index (κ3) is 2.73. The first-order chi connectivity index (χ1) is 12.2. The van der Waals surface area contributed by atoms with Gasteiger partial charge in [0.05, 0.1) is 5.56 Å². The van der Waals surface area contributed by atoms with Crippen molar-refractivity contribution >= 4 is 33.2 Å². The van der Waals surface area contributed by atoms with Gasteiger partial charge in [-0.05, 0) is 43.4 Å². The monoisotopic (exact) mass is 349 g/mol. The summed E-state index contributed by atoms with van der Waals surface area (Å²) in [5.74, 6) is -0.422. The molecule has 0 bridgehead atoms. The van der Waals surface area contributed by atoms with Crippen LogP contribution in [0.25, 0.3) is 11.0 Å². The quantitative estimate of drug-likeness (QED) is 0.733. The highest BCUT2D eigenvalue weighted by molar-refractivity contribution is 7.16. The predicted octanol–water partition coefficient (Wildman–Crippen LogP) is 3.98. The number of hydrogen-bond donors (Lipinski definition) is 2. The molecule has 1 amide bonds. The molecule has 5 nitrogen and oxygen atoms in total. The molecule has 124 valence electrons. The summed E-state index contributed by atoms with van der Waals surface area (Å²) in [6.07, 6.45) is 4.04. The minimum atomic E-state index is -0.422. The van der Waals surface area contributed by atoms with Gasteiger partial charge in [0.2, 0.25) is 5.55 Å². The van der Waals surface area contributed by atoms with Gasteiger partial charge in [0, 0.05) is 10.3 Å². The second-order valence-corrected chi connectivity index (χ2v) is 7.11. The summed E-state index contributed by atoms with van der Waals surface area (Å²) in [6, 6.07) is 11.1. The van der Waals surface area contributed by atoms with E-state index in [0.717, 1.165) is 36.6 Å². The van der Waals surface area contributed by atoms with Gasteiger partial charge in [0.25, 0.3) is 5.91 Å². The van der Waals surface area contributed by atoms with Crippen LogP contribution < -0.4 is 10.9 Å². The number of benzene rings is 1. The number of carbonyl (C=O) groups is 1. The van der Waals surface area contributed by atoms with Crippen molar-refractivity contribution in [1.82, 2.24) is 0 Å². The van der Waals surface area contributed by atoms with E-state index in [1.54, 1.807) is 12.1 Å². The molecule has 2 heterocycles. The smallest absolute Gasteiger partial charge is 0.261 e. The molecule has 6 heteroatoms. The molecule has 1 aliphatic rings. The SMILES string of the molecule is N#Cc1c(NC(=O)c2cc3ccccc3oc2=N)sc2c1CCCC2. The molecule has 2 N–H and O–H groups in total. The number of aryl methyl sites for hydroxylation is 1. The molecule has 0 aliphatic heterocycles. The summed E-state index contributed by atoms with van der Waals surface area (Å²) in [7, 11) is 0. The van der Waals surface area contributed by atoms with E-state index < -0.39 is 5.91 Å². The van der Waals surface area contributed by atoms with Crippen molar-refractivity contribution in [3.05, 3.63) is 57.5 Å². The third-order valence-electron chi connectivity index (χ3n) is 4.43. The summed E-state index contributed by atoms with van der Waals surface area (Å²) in [4.78, 5) is 13.9. The Bertz CT molecular complexity index is 1090. The minimum Gasteiger partial charge on any atom is -0.438 e. The highest BCUT2D eigenvalue weighted by Gasteiger charge is 2.22. The molecule has 3 aromatic rings. The Morgan fingerprint density at radius 2 is 2.08 bits per heavy atom. The first-order valence-electron chi connectivity index (χ1n) is 8.11. The van der Waals surface area contributed by atoms with Crippen LogP contribution >= 0.6 is 11.3 Å². The Hall–Kier alpha value is -2.91. The number of anilines is 1. The average molecular weight is 349 g/mol. The third-order valence-corrected chi connectivity index (χ3v) is 5.64. The minimum absolute atomic E-state index is 0.161. The molecule has 2 aromatic heterocycles. The summed E-state index contributed by atoms with van der Waals surface area (Å²) in [5, 5.41) is 21.6. The first kappa shape index (κ1) is 15.6. The summed E-state index contributed by atoms with van der Waals surface area (Å²) >= 11 is 1.47. The van der Waals surface area contributed by atoms with Crippen LogP contribution in [0.5, 0.6) is 0 Å². The van der Waals surface area contributed by atoms with Gasteiger partial charge in [-0.15, -0.1) is 11.3 Å². The summed E-state index contributed by atoms with van der Waals surface area (Å²) in [6.45, 7) is 0. The molecule has 25 heavy (non-hydrogen) atoms. The summed E-state index contributed by atoms with van der Waals surface area (Å²) in [5.41, 5.74) is 2.18. The van der Waals surface area contributed by atoms with Gasteiger partial charge in [-0.3, -0.25) is 10.2 Å². The maximum Gasteiger partial charge on any atom is 0.261 e. The number of nitrogens with zero attached hydrogens (tertiary/aromatic N) is 1. The molecule has 4 rings (SSSR count). The molecule has 0 saturated carbocycles. The zero-order valence-corrected chi connectivity index (χ0v) is 14.2. The van der Waals surface area contributed by atoms with E-state index in [2.05, 4.69) is 11.4 Å². The van der Waals surface area contributed by atoms with Gasteiger partial charge in [-0.2, -0.15) is 5.26 Å². The fourth-order valence-electron chi connectivity index (χ4n) is 3.19. The van der Waals surface area contributed by atoms with E-state index in [4.69, 9.17) is 9.83 Å². The molecule has 0 spiro atoms. The molecule has 0 atom stereocenters. The van der Waals surface area contributed by atoms with Gasteiger partial charge < -0.3 is 9.73 Å². The van der Waals surface area contributed by atoms with Crippen LogP contribution in [0.4, 0.5) is 5.00 Å². The maximum atomic E-state index is 12.7. The molecule has 0 radical (unpaired) electrons. The fourth-order valence-corrected chi connectivity index (χ4v) is 4.42. The number of carbonyl (C=O) groups excluding carboxylic acids is 1. The van der Waals surface area contributed by atoms with Crippen molar-refractivity contribution < 1.29 is 9.21 Å². The van der Waals surface area contributed by atoms with Crippen molar-refractivity contribution in [3.63, 3.8) is 0 Å². The van der Waals surface area contributed by atoms with Crippen LogP contribution in [0, 0.1) is 16.7 Å². The van der Waals surface area contributed by atoms with Crippen LogP contribution in [0.1, 0.15) is 39.2 Å². The average Bonchev–Trinajstić information content (AvgIpc) is 2.97. The number of fused-ring (bicyclic) bond motifs is 2. The zero-order chi connectivity index (χ0) is 17.4. The van der Waals surface area contributed by atoms with E-state index >= 15 is 0 Å². The Labute approximate surface area is 148 Å². The number of rotatable bonds is 2. The second-order valence-electron chi connectivity index (χ2n) is 6.01. The molecule has 0 saturated heterocycles. The zero-order valence-electron chi connectivity index (χ0n) is 13.4. The van der Waals surface area contributed by atoms with E-state index in [-0.39, 0.29) is 11.1 Å². The Kier molecular flexibility index (Phi) is 3.86. The van der Waals surface area contributed by atoms with Crippen molar-refractivity contribution in [2.45, 2.75) is 25.7 Å². The lowest BCUT2D eigenvalue weighted by Gasteiger charge is -2.09. The largest absolute Gasteiger partial charge is 0.438 e. The van der Waals surface area contributed by atoms with Crippen molar-refractivity contribution in [2.75, 3.05) is 5.32 Å².